The highest BCUT2D eigenvalue weighted by Crippen LogP contribution is 2.21. The SMILES string of the molecule is CCn1cncc1CNc1cc(/C=C/C(=O)OC)ccc1N. The highest BCUT2D eigenvalue weighted by molar-refractivity contribution is 5.87. The number of aryl methyl sites for hydroxylation is 1. The van der Waals surface area contributed by atoms with Gasteiger partial charge in [-0.3, -0.25) is 0 Å². The number of carbonyl (C=O) groups excluding carboxylic acids is 1. The number of methoxy groups -OCH3 is 1. The van der Waals surface area contributed by atoms with Crippen molar-refractivity contribution in [3.8, 4) is 0 Å². The van der Waals surface area contributed by atoms with E-state index in [0.29, 0.717) is 12.2 Å². The maximum absolute atomic E-state index is 11.1. The van der Waals surface area contributed by atoms with Crippen LogP contribution in [0.25, 0.3) is 6.08 Å². The summed E-state index contributed by atoms with van der Waals surface area (Å²) in [6.45, 7) is 3.56. The van der Waals surface area contributed by atoms with Crippen molar-refractivity contribution in [1.29, 1.82) is 0 Å². The lowest BCUT2D eigenvalue weighted by Gasteiger charge is -2.11. The number of nitrogens with zero attached hydrogens (tertiary/aromatic N) is 2. The van der Waals surface area contributed by atoms with Gasteiger partial charge in [-0.25, -0.2) is 9.78 Å². The van der Waals surface area contributed by atoms with Crippen molar-refractivity contribution in [2.24, 2.45) is 0 Å². The predicted octanol–water partition coefficient (Wildman–Crippen LogP) is 2.28. The molecule has 1 aromatic carbocycles. The van der Waals surface area contributed by atoms with Gasteiger partial charge in [0.1, 0.15) is 0 Å². The molecule has 6 heteroatoms. The summed E-state index contributed by atoms with van der Waals surface area (Å²) in [5, 5.41) is 3.30. The molecule has 0 aliphatic carbocycles. The Morgan fingerprint density at radius 1 is 1.50 bits per heavy atom. The summed E-state index contributed by atoms with van der Waals surface area (Å²) in [4.78, 5) is 15.3. The van der Waals surface area contributed by atoms with Crippen LogP contribution in [0.3, 0.4) is 0 Å². The van der Waals surface area contributed by atoms with Crippen LogP contribution >= 0.6 is 0 Å². The molecule has 0 aliphatic heterocycles. The van der Waals surface area contributed by atoms with Gasteiger partial charge >= 0.3 is 5.97 Å². The van der Waals surface area contributed by atoms with Crippen LogP contribution in [0.5, 0.6) is 0 Å². The molecule has 1 heterocycles. The van der Waals surface area contributed by atoms with E-state index in [1.165, 1.54) is 13.2 Å². The normalized spacial score (nSPS) is 10.8. The summed E-state index contributed by atoms with van der Waals surface area (Å²) < 4.78 is 6.63. The van der Waals surface area contributed by atoms with Crippen molar-refractivity contribution < 1.29 is 9.53 Å². The third-order valence-electron chi connectivity index (χ3n) is 3.29. The van der Waals surface area contributed by atoms with Crippen molar-refractivity contribution in [2.75, 3.05) is 18.2 Å². The number of hydrogen-bond acceptors (Lipinski definition) is 5. The Bertz CT molecular complexity index is 677. The summed E-state index contributed by atoms with van der Waals surface area (Å²) in [5.74, 6) is -0.391. The number of ether oxygens (including phenoxy) is 1. The average Bonchev–Trinajstić information content (AvgIpc) is 2.99. The summed E-state index contributed by atoms with van der Waals surface area (Å²) in [6, 6.07) is 5.54. The molecule has 0 amide bonds. The quantitative estimate of drug-likeness (QED) is 0.486. The van der Waals surface area contributed by atoms with Crippen molar-refractivity contribution in [3.63, 3.8) is 0 Å². The topological polar surface area (TPSA) is 82.2 Å². The lowest BCUT2D eigenvalue weighted by atomic mass is 10.1. The van der Waals surface area contributed by atoms with Crippen LogP contribution in [0.1, 0.15) is 18.2 Å². The third-order valence-corrected chi connectivity index (χ3v) is 3.29. The molecule has 1 aromatic heterocycles. The number of rotatable bonds is 6. The molecule has 2 rings (SSSR count). The van der Waals surface area contributed by atoms with E-state index in [1.54, 1.807) is 18.5 Å². The van der Waals surface area contributed by atoms with E-state index in [9.17, 15) is 4.79 Å². The fourth-order valence-corrected chi connectivity index (χ4v) is 2.03. The molecule has 0 aliphatic rings. The number of nitrogens with one attached hydrogen (secondary N) is 1. The van der Waals surface area contributed by atoms with Gasteiger partial charge in [-0.15, -0.1) is 0 Å². The molecule has 3 N–H and O–H groups in total. The van der Waals surface area contributed by atoms with Crippen LogP contribution in [-0.4, -0.2) is 22.6 Å². The Kier molecular flexibility index (Phi) is 5.19. The zero-order chi connectivity index (χ0) is 15.9. The van der Waals surface area contributed by atoms with Crippen LogP contribution < -0.4 is 11.1 Å². The van der Waals surface area contributed by atoms with Gasteiger partial charge in [-0.05, 0) is 30.7 Å². The first-order valence-corrected chi connectivity index (χ1v) is 7.02. The summed E-state index contributed by atoms with van der Waals surface area (Å²) in [5.41, 5.74) is 9.39. The summed E-state index contributed by atoms with van der Waals surface area (Å²) in [6.07, 6.45) is 6.69. The minimum absolute atomic E-state index is 0.391. The number of anilines is 2. The Labute approximate surface area is 129 Å². The van der Waals surface area contributed by atoms with Gasteiger partial charge in [0.2, 0.25) is 0 Å². The second-order valence-corrected chi connectivity index (χ2v) is 4.73. The first-order valence-electron chi connectivity index (χ1n) is 7.02. The second-order valence-electron chi connectivity index (χ2n) is 4.73. The largest absolute Gasteiger partial charge is 0.466 e. The number of nitrogens with two attached hydrogens (primary N) is 1. The number of imidazole rings is 1. The number of hydrogen-bond donors (Lipinski definition) is 2. The number of nitrogen functional groups attached to an aromatic ring is 1. The van der Waals surface area contributed by atoms with Gasteiger partial charge in [0.25, 0.3) is 0 Å². The Morgan fingerprint density at radius 2 is 2.32 bits per heavy atom. The molecule has 116 valence electrons. The lowest BCUT2D eigenvalue weighted by molar-refractivity contribution is -0.134. The van der Waals surface area contributed by atoms with Gasteiger partial charge in [0.05, 0.1) is 37.1 Å². The van der Waals surface area contributed by atoms with Gasteiger partial charge in [-0.1, -0.05) is 6.07 Å². The average molecular weight is 300 g/mol. The van der Waals surface area contributed by atoms with Crippen molar-refractivity contribution >= 4 is 23.4 Å². The first-order chi connectivity index (χ1) is 10.6. The van der Waals surface area contributed by atoms with E-state index in [4.69, 9.17) is 5.73 Å². The van der Waals surface area contributed by atoms with Gasteiger partial charge < -0.3 is 20.4 Å². The minimum atomic E-state index is -0.391. The zero-order valence-corrected chi connectivity index (χ0v) is 12.7. The zero-order valence-electron chi connectivity index (χ0n) is 12.7. The van der Waals surface area contributed by atoms with Gasteiger partial charge in [0.15, 0.2) is 0 Å². The van der Waals surface area contributed by atoms with E-state index in [-0.39, 0.29) is 0 Å². The first kappa shape index (κ1) is 15.6. The van der Waals surface area contributed by atoms with E-state index in [2.05, 4.69) is 26.5 Å². The summed E-state index contributed by atoms with van der Waals surface area (Å²) in [7, 11) is 1.35. The van der Waals surface area contributed by atoms with Gasteiger partial charge in [0, 0.05) is 18.8 Å². The monoisotopic (exact) mass is 300 g/mol. The van der Waals surface area contributed by atoms with Crippen molar-refractivity contribution in [2.45, 2.75) is 20.0 Å². The van der Waals surface area contributed by atoms with E-state index in [0.717, 1.165) is 23.5 Å². The fourth-order valence-electron chi connectivity index (χ4n) is 2.03. The fraction of sp³-hybridized carbons (Fsp3) is 0.250. The number of aromatic nitrogens is 2. The summed E-state index contributed by atoms with van der Waals surface area (Å²) >= 11 is 0. The molecular weight excluding hydrogens is 280 g/mol. The molecule has 0 fully saturated rings. The Hall–Kier alpha value is -2.76. The molecular formula is C16H20N4O2. The smallest absolute Gasteiger partial charge is 0.330 e. The van der Waals surface area contributed by atoms with Crippen LogP contribution in [0, 0.1) is 0 Å². The van der Waals surface area contributed by atoms with E-state index in [1.807, 2.05) is 18.3 Å². The molecule has 2 aromatic rings. The van der Waals surface area contributed by atoms with Crippen LogP contribution in [0.4, 0.5) is 11.4 Å². The van der Waals surface area contributed by atoms with Crippen molar-refractivity contribution in [1.82, 2.24) is 9.55 Å². The number of benzene rings is 1. The maximum Gasteiger partial charge on any atom is 0.330 e. The molecule has 0 spiro atoms. The Morgan fingerprint density at radius 3 is 3.05 bits per heavy atom. The molecule has 0 bridgehead atoms. The molecule has 0 saturated carbocycles. The van der Waals surface area contributed by atoms with E-state index < -0.39 is 5.97 Å². The molecule has 0 saturated heterocycles. The molecule has 0 atom stereocenters. The molecule has 0 radical (unpaired) electrons. The van der Waals surface area contributed by atoms with Crippen LogP contribution in [0.15, 0.2) is 36.8 Å². The highest BCUT2D eigenvalue weighted by atomic mass is 16.5. The number of carbonyl (C=O) groups is 1. The molecule has 0 unspecified atom stereocenters. The highest BCUT2D eigenvalue weighted by Gasteiger charge is 2.03. The Balaban J connectivity index is 2.10. The van der Waals surface area contributed by atoms with Crippen LogP contribution in [0.2, 0.25) is 0 Å². The molecule has 6 nitrogen and oxygen atoms in total. The standard InChI is InChI=1S/C16H20N4O2/c1-3-20-11-18-9-13(20)10-19-15-8-12(4-6-14(15)17)5-7-16(21)22-2/h4-9,11,19H,3,10,17H2,1-2H3/b7-5+. The van der Waals surface area contributed by atoms with E-state index >= 15 is 0 Å². The van der Waals surface area contributed by atoms with Gasteiger partial charge in [-0.2, -0.15) is 0 Å². The minimum Gasteiger partial charge on any atom is -0.466 e. The predicted molar refractivity (Wildman–Crippen MR) is 87.1 cm³/mol. The second kappa shape index (κ2) is 7.31. The lowest BCUT2D eigenvalue weighted by Crippen LogP contribution is -2.07. The molecule has 22 heavy (non-hydrogen) atoms. The number of esters is 1. The van der Waals surface area contributed by atoms with Crippen molar-refractivity contribution in [3.05, 3.63) is 48.1 Å². The third kappa shape index (κ3) is 3.88. The van der Waals surface area contributed by atoms with Crippen LogP contribution in [-0.2, 0) is 22.6 Å². The maximum atomic E-state index is 11.1.